The van der Waals surface area contributed by atoms with E-state index in [1.165, 1.54) is 12.7 Å². The van der Waals surface area contributed by atoms with Crippen molar-refractivity contribution in [1.82, 2.24) is 20.5 Å². The monoisotopic (exact) mass is 598 g/mol. The molecule has 1 aromatic heterocycles. The molecule has 0 unspecified atom stereocenters. The highest BCUT2D eigenvalue weighted by molar-refractivity contribution is 6.33. The zero-order valence-electron chi connectivity index (χ0n) is 25.3. The highest BCUT2D eigenvalue weighted by Crippen LogP contribution is 2.45. The van der Waals surface area contributed by atoms with Crippen LogP contribution in [0.25, 0.3) is 11.1 Å². The van der Waals surface area contributed by atoms with Gasteiger partial charge in [0, 0.05) is 55.0 Å². The lowest BCUT2D eigenvalue weighted by molar-refractivity contribution is -0.142. The molecule has 9 heteroatoms. The first-order valence-electron chi connectivity index (χ1n) is 15.5. The van der Waals surface area contributed by atoms with Crippen molar-refractivity contribution in [2.75, 3.05) is 40.3 Å². The second-order valence-corrected chi connectivity index (χ2v) is 12.3. The highest BCUT2D eigenvalue weighted by atomic mass is 35.5. The maximum atomic E-state index is 13.7. The Balaban J connectivity index is 1.63. The molecule has 1 aromatic carbocycles. The Labute approximate surface area is 255 Å². The maximum absolute atomic E-state index is 13.7. The third-order valence-corrected chi connectivity index (χ3v) is 9.56. The van der Waals surface area contributed by atoms with Crippen molar-refractivity contribution in [2.45, 2.75) is 70.3 Å². The number of benzene rings is 1. The van der Waals surface area contributed by atoms with Crippen LogP contribution in [-0.2, 0) is 21.6 Å². The van der Waals surface area contributed by atoms with Gasteiger partial charge >= 0.3 is 6.09 Å². The van der Waals surface area contributed by atoms with Crippen molar-refractivity contribution in [3.63, 3.8) is 0 Å². The number of alkyl carbamates (subject to hydrolysis) is 1. The van der Waals surface area contributed by atoms with Crippen LogP contribution >= 0.6 is 11.6 Å². The number of aliphatic hydroxyl groups is 1. The number of hydrogen-bond acceptors (Lipinski definition) is 6. The zero-order valence-corrected chi connectivity index (χ0v) is 26.1. The van der Waals surface area contributed by atoms with E-state index < -0.39 is 11.7 Å². The van der Waals surface area contributed by atoms with Crippen LogP contribution in [0.1, 0.15) is 69.4 Å². The van der Waals surface area contributed by atoms with E-state index in [2.05, 4.69) is 34.7 Å². The SMILES string of the molecule is CCc1cccc(-c2c(Cl)cncc2[C@](O)(CCCNC(=O)OC)[C@@H]2CCCN(C(=O)C3CCC(CNC)CC3)C2)c1. The topological polar surface area (TPSA) is 104 Å². The molecule has 2 atom stereocenters. The second-order valence-electron chi connectivity index (χ2n) is 11.9. The molecule has 2 amide bonds. The molecule has 1 saturated heterocycles. The molecular formula is C33H47ClN4O4. The first-order valence-corrected chi connectivity index (χ1v) is 15.9. The van der Waals surface area contributed by atoms with Crippen molar-refractivity contribution in [3.05, 3.63) is 52.8 Å². The molecule has 3 N–H and O–H groups in total. The number of carbonyl (C=O) groups is 2. The van der Waals surface area contributed by atoms with Gasteiger partial charge in [-0.25, -0.2) is 4.79 Å². The average Bonchev–Trinajstić information content (AvgIpc) is 3.03. The lowest BCUT2D eigenvalue weighted by atomic mass is 9.72. The average molecular weight is 599 g/mol. The van der Waals surface area contributed by atoms with Gasteiger partial charge in [-0.05, 0) is 88.4 Å². The minimum absolute atomic E-state index is 0.0504. The van der Waals surface area contributed by atoms with Crippen LogP contribution in [0.3, 0.4) is 0 Å². The van der Waals surface area contributed by atoms with Crippen molar-refractivity contribution in [2.24, 2.45) is 17.8 Å². The van der Waals surface area contributed by atoms with Gasteiger partial charge in [0.2, 0.25) is 5.91 Å². The smallest absolute Gasteiger partial charge is 0.406 e. The van der Waals surface area contributed by atoms with Crippen LogP contribution in [0.4, 0.5) is 4.79 Å². The summed E-state index contributed by atoms with van der Waals surface area (Å²) in [5.41, 5.74) is 2.25. The minimum atomic E-state index is -1.31. The number of carbonyl (C=O) groups excluding carboxylic acids is 2. The number of halogens is 1. The summed E-state index contributed by atoms with van der Waals surface area (Å²) in [6, 6.07) is 8.23. The van der Waals surface area contributed by atoms with Crippen molar-refractivity contribution < 1.29 is 19.4 Å². The van der Waals surface area contributed by atoms with Crippen molar-refractivity contribution in [3.8, 4) is 11.1 Å². The Hall–Kier alpha value is -2.68. The summed E-state index contributed by atoms with van der Waals surface area (Å²) in [5.74, 6) is 0.700. The molecule has 42 heavy (non-hydrogen) atoms. The summed E-state index contributed by atoms with van der Waals surface area (Å²) in [6.45, 7) is 4.66. The first kappa shape index (κ1) is 32.2. The van der Waals surface area contributed by atoms with Crippen molar-refractivity contribution in [1.29, 1.82) is 0 Å². The molecule has 8 nitrogen and oxygen atoms in total. The summed E-state index contributed by atoms with van der Waals surface area (Å²) < 4.78 is 4.73. The van der Waals surface area contributed by atoms with Crippen LogP contribution in [0.2, 0.25) is 5.02 Å². The van der Waals surface area contributed by atoms with Crippen LogP contribution in [-0.4, -0.2) is 67.3 Å². The largest absolute Gasteiger partial charge is 0.453 e. The molecule has 2 fully saturated rings. The number of nitrogens with zero attached hydrogens (tertiary/aromatic N) is 2. The minimum Gasteiger partial charge on any atom is -0.453 e. The van der Waals surface area contributed by atoms with E-state index in [9.17, 15) is 14.7 Å². The molecule has 1 saturated carbocycles. The van der Waals surface area contributed by atoms with Gasteiger partial charge in [-0.1, -0.05) is 42.8 Å². The Morgan fingerprint density at radius 2 is 1.98 bits per heavy atom. The summed E-state index contributed by atoms with van der Waals surface area (Å²) in [6.07, 6.45) is 10.2. The van der Waals surface area contributed by atoms with Gasteiger partial charge in [-0.15, -0.1) is 0 Å². The van der Waals surface area contributed by atoms with E-state index in [1.807, 2.05) is 24.1 Å². The number of aromatic nitrogens is 1. The lowest BCUT2D eigenvalue weighted by Crippen LogP contribution is -2.50. The molecule has 1 aliphatic heterocycles. The fraction of sp³-hybridized carbons (Fsp3) is 0.606. The fourth-order valence-electron chi connectivity index (χ4n) is 6.91. The molecule has 0 bridgehead atoms. The zero-order chi connectivity index (χ0) is 30.1. The summed E-state index contributed by atoms with van der Waals surface area (Å²) in [7, 11) is 3.32. The van der Waals surface area contributed by atoms with Gasteiger partial charge in [-0.2, -0.15) is 0 Å². The standard InChI is InChI=1S/C33H47ClN4O4/c1-4-23-8-5-9-26(18-23)30-28(20-36-21-29(30)34)33(41,15-7-16-37-32(40)42-3)27-10-6-17-38(22-27)31(39)25-13-11-24(12-14-25)19-35-2/h5,8-9,18,20-21,24-25,27,35,41H,4,6-7,10-17,19,22H2,1-3H3,(H,37,40)/t24?,25?,27-,33+/m1/s1. The summed E-state index contributed by atoms with van der Waals surface area (Å²) in [5, 5.41) is 19.2. The molecule has 2 aromatic rings. The molecule has 0 spiro atoms. The second kappa shape index (κ2) is 15.2. The van der Waals surface area contributed by atoms with Crippen LogP contribution in [0, 0.1) is 17.8 Å². The fourth-order valence-corrected chi connectivity index (χ4v) is 7.18. The Morgan fingerprint density at radius 1 is 1.19 bits per heavy atom. The quantitative estimate of drug-likeness (QED) is 0.293. The van der Waals surface area contributed by atoms with Gasteiger partial charge in [-0.3, -0.25) is 9.78 Å². The molecule has 230 valence electrons. The predicted octanol–water partition coefficient (Wildman–Crippen LogP) is 5.55. The van der Waals surface area contributed by atoms with E-state index in [4.69, 9.17) is 16.3 Å². The number of piperidine rings is 1. The van der Waals surface area contributed by atoms with Gasteiger partial charge in [0.15, 0.2) is 0 Å². The summed E-state index contributed by atoms with van der Waals surface area (Å²) in [4.78, 5) is 31.9. The van der Waals surface area contributed by atoms with Crippen LogP contribution in [0.15, 0.2) is 36.7 Å². The number of rotatable bonds is 11. The van der Waals surface area contributed by atoms with Gasteiger partial charge in [0.05, 0.1) is 17.7 Å². The predicted molar refractivity (Wildman–Crippen MR) is 166 cm³/mol. The maximum Gasteiger partial charge on any atom is 0.406 e. The number of aryl methyl sites for hydroxylation is 1. The number of methoxy groups -OCH3 is 1. The van der Waals surface area contributed by atoms with Crippen LogP contribution in [0.5, 0.6) is 0 Å². The van der Waals surface area contributed by atoms with Crippen LogP contribution < -0.4 is 10.6 Å². The molecule has 0 radical (unpaired) electrons. The van der Waals surface area contributed by atoms with Gasteiger partial charge in [0.25, 0.3) is 0 Å². The van der Waals surface area contributed by atoms with E-state index >= 15 is 0 Å². The molecule has 1 aliphatic carbocycles. The molecule has 4 rings (SSSR count). The first-order chi connectivity index (χ1) is 20.3. The highest BCUT2D eigenvalue weighted by Gasteiger charge is 2.44. The van der Waals surface area contributed by atoms with E-state index in [1.54, 1.807) is 12.4 Å². The van der Waals surface area contributed by atoms with Crippen molar-refractivity contribution >= 4 is 23.6 Å². The summed E-state index contributed by atoms with van der Waals surface area (Å²) >= 11 is 6.82. The van der Waals surface area contributed by atoms with Gasteiger partial charge in [0.1, 0.15) is 0 Å². The van der Waals surface area contributed by atoms with E-state index in [0.29, 0.717) is 49.0 Å². The third kappa shape index (κ3) is 7.63. The van der Waals surface area contributed by atoms with E-state index in [-0.39, 0.29) is 17.7 Å². The van der Waals surface area contributed by atoms with E-state index in [0.717, 1.165) is 62.6 Å². The number of nitrogens with one attached hydrogen (secondary N) is 2. The normalized spacial score (nSPS) is 22.3. The molecular weight excluding hydrogens is 552 g/mol. The molecule has 2 aliphatic rings. The number of likely N-dealkylation sites (tertiary alicyclic amines) is 1. The molecule has 2 heterocycles. The van der Waals surface area contributed by atoms with Gasteiger partial charge < -0.3 is 25.4 Å². The number of amides is 2. The Morgan fingerprint density at radius 3 is 2.69 bits per heavy atom. The Kier molecular flexibility index (Phi) is 11.6. The Bertz CT molecular complexity index is 1200. The lowest BCUT2D eigenvalue weighted by Gasteiger charge is -2.44. The third-order valence-electron chi connectivity index (χ3n) is 9.28. The number of hydrogen-bond donors (Lipinski definition) is 3. The number of ether oxygens (including phenoxy) is 1. The number of pyridine rings is 1.